The van der Waals surface area contributed by atoms with E-state index >= 15 is 0 Å². The highest BCUT2D eigenvalue weighted by Crippen LogP contribution is 2.34. The van der Waals surface area contributed by atoms with Crippen molar-refractivity contribution in [2.24, 2.45) is 0 Å². The van der Waals surface area contributed by atoms with Gasteiger partial charge in [-0.1, -0.05) is 12.1 Å². The number of rotatable bonds is 6. The Morgan fingerprint density at radius 2 is 1.91 bits per heavy atom. The van der Waals surface area contributed by atoms with Crippen molar-refractivity contribution in [2.45, 2.75) is 19.3 Å². The van der Waals surface area contributed by atoms with E-state index in [4.69, 9.17) is 9.47 Å². The van der Waals surface area contributed by atoms with Crippen LogP contribution in [0.4, 0.5) is 4.39 Å². The number of carboxylic acids is 1. The van der Waals surface area contributed by atoms with Gasteiger partial charge in [-0.3, -0.25) is 14.2 Å². The predicted octanol–water partition coefficient (Wildman–Crippen LogP) is 4.96. The number of ether oxygens (including phenoxy) is 2. The normalized spacial score (nSPS) is 14.6. The largest absolute Gasteiger partial charge is 0.493 e. The molecule has 0 fully saturated rings. The maximum Gasteiger partial charge on any atom is 0.307 e. The van der Waals surface area contributed by atoms with E-state index in [9.17, 15) is 19.1 Å². The van der Waals surface area contributed by atoms with Gasteiger partial charge in [0, 0.05) is 22.2 Å². The second-order valence-corrected chi connectivity index (χ2v) is 8.37. The van der Waals surface area contributed by atoms with Crippen molar-refractivity contribution in [3.8, 4) is 11.5 Å². The first kappa shape index (κ1) is 21.7. The summed E-state index contributed by atoms with van der Waals surface area (Å²) < 4.78 is 26.7. The molecule has 1 aliphatic heterocycles. The van der Waals surface area contributed by atoms with Gasteiger partial charge in [0.05, 0.1) is 31.1 Å². The van der Waals surface area contributed by atoms with Crippen molar-refractivity contribution in [1.29, 1.82) is 0 Å². The standard InChI is InChI=1S/C27H22FNO5/c1-16-11-22-18(12-26(30)31)3-2-4-24(22)29(16)27(32)17-5-8-21(9-6-17)33-14-19-15-34-25-10-7-20(28)13-23(19)25/h2-11,13,19H,12,14-15H2,1H3,(H,30,31)/t19-/m1/s1. The van der Waals surface area contributed by atoms with Crippen molar-refractivity contribution in [2.75, 3.05) is 13.2 Å². The quantitative estimate of drug-likeness (QED) is 0.441. The van der Waals surface area contributed by atoms with Crippen LogP contribution in [-0.4, -0.2) is 34.8 Å². The maximum absolute atomic E-state index is 13.6. The van der Waals surface area contributed by atoms with Crippen LogP contribution in [0.15, 0.2) is 66.7 Å². The first-order valence-electron chi connectivity index (χ1n) is 10.9. The summed E-state index contributed by atoms with van der Waals surface area (Å²) in [6.45, 7) is 2.58. The average molecular weight is 459 g/mol. The van der Waals surface area contributed by atoms with E-state index < -0.39 is 5.97 Å². The van der Waals surface area contributed by atoms with Gasteiger partial charge >= 0.3 is 5.97 Å². The summed E-state index contributed by atoms with van der Waals surface area (Å²) in [4.78, 5) is 24.5. The number of nitrogens with zero attached hydrogens (tertiary/aromatic N) is 1. The molecule has 172 valence electrons. The fourth-order valence-electron chi connectivity index (χ4n) is 4.42. The van der Waals surface area contributed by atoms with E-state index in [0.29, 0.717) is 41.4 Å². The van der Waals surface area contributed by atoms with Crippen LogP contribution in [0.1, 0.15) is 33.1 Å². The topological polar surface area (TPSA) is 77.8 Å². The third-order valence-electron chi connectivity index (χ3n) is 6.07. The Bertz CT molecular complexity index is 1410. The number of carbonyl (C=O) groups excluding carboxylic acids is 1. The number of halogens is 1. The zero-order chi connectivity index (χ0) is 23.8. The van der Waals surface area contributed by atoms with Crippen molar-refractivity contribution in [3.63, 3.8) is 0 Å². The van der Waals surface area contributed by atoms with Crippen LogP contribution < -0.4 is 9.47 Å². The number of carboxylic acid groups (broad SMARTS) is 1. The van der Waals surface area contributed by atoms with Gasteiger partial charge in [0.2, 0.25) is 0 Å². The van der Waals surface area contributed by atoms with Gasteiger partial charge in [0.15, 0.2) is 0 Å². The predicted molar refractivity (Wildman–Crippen MR) is 124 cm³/mol. The fourth-order valence-corrected chi connectivity index (χ4v) is 4.42. The number of aryl methyl sites for hydroxylation is 1. The highest BCUT2D eigenvalue weighted by Gasteiger charge is 2.25. The molecular formula is C27H22FNO5. The number of aromatic nitrogens is 1. The number of hydrogen-bond donors (Lipinski definition) is 1. The zero-order valence-corrected chi connectivity index (χ0v) is 18.5. The van der Waals surface area contributed by atoms with Crippen molar-refractivity contribution in [1.82, 2.24) is 4.57 Å². The Labute approximate surface area is 195 Å². The van der Waals surface area contributed by atoms with Crippen molar-refractivity contribution in [3.05, 3.63) is 94.9 Å². The van der Waals surface area contributed by atoms with Crippen LogP contribution in [0.5, 0.6) is 11.5 Å². The van der Waals surface area contributed by atoms with Crippen LogP contribution in [0.3, 0.4) is 0 Å². The van der Waals surface area contributed by atoms with Crippen LogP contribution in [0.2, 0.25) is 0 Å². The van der Waals surface area contributed by atoms with E-state index in [-0.39, 0.29) is 24.1 Å². The van der Waals surface area contributed by atoms with E-state index in [0.717, 1.165) is 16.6 Å². The third kappa shape index (κ3) is 4.01. The minimum atomic E-state index is -0.919. The first-order chi connectivity index (χ1) is 16.4. The minimum Gasteiger partial charge on any atom is -0.493 e. The minimum absolute atomic E-state index is 0.0686. The summed E-state index contributed by atoms with van der Waals surface area (Å²) in [6.07, 6.45) is -0.107. The Morgan fingerprint density at radius 3 is 2.68 bits per heavy atom. The fraction of sp³-hybridized carbons (Fsp3) is 0.185. The van der Waals surface area contributed by atoms with Gasteiger partial charge in [0.1, 0.15) is 17.3 Å². The second kappa shape index (κ2) is 8.67. The lowest BCUT2D eigenvalue weighted by atomic mass is 10.0. The molecule has 0 bridgehead atoms. The monoisotopic (exact) mass is 459 g/mol. The summed E-state index contributed by atoms with van der Waals surface area (Å²) in [7, 11) is 0. The Balaban J connectivity index is 1.33. The summed E-state index contributed by atoms with van der Waals surface area (Å²) in [6, 6.07) is 18.5. The molecule has 0 spiro atoms. The molecule has 0 saturated heterocycles. The smallest absolute Gasteiger partial charge is 0.307 e. The summed E-state index contributed by atoms with van der Waals surface area (Å²) in [5, 5.41) is 9.94. The molecule has 34 heavy (non-hydrogen) atoms. The maximum atomic E-state index is 13.6. The van der Waals surface area contributed by atoms with Crippen LogP contribution in [0.25, 0.3) is 10.9 Å². The van der Waals surface area contributed by atoms with Crippen LogP contribution in [-0.2, 0) is 11.2 Å². The van der Waals surface area contributed by atoms with Gasteiger partial charge < -0.3 is 14.6 Å². The lowest BCUT2D eigenvalue weighted by Crippen LogP contribution is -2.14. The summed E-state index contributed by atoms with van der Waals surface area (Å²) in [5.41, 5.74) is 3.34. The molecule has 0 unspecified atom stereocenters. The van der Waals surface area contributed by atoms with E-state index in [1.54, 1.807) is 47.0 Å². The number of carbonyl (C=O) groups is 2. The average Bonchev–Trinajstić information content (AvgIpc) is 3.37. The van der Waals surface area contributed by atoms with Gasteiger partial charge in [-0.05, 0) is 67.1 Å². The molecule has 0 saturated carbocycles. The number of aliphatic carboxylic acids is 1. The summed E-state index contributed by atoms with van der Waals surface area (Å²) >= 11 is 0. The molecule has 1 aromatic heterocycles. The number of benzene rings is 3. The molecule has 3 aromatic carbocycles. The molecule has 0 radical (unpaired) electrons. The molecule has 6 nitrogen and oxygen atoms in total. The van der Waals surface area contributed by atoms with Crippen molar-refractivity contribution < 1.29 is 28.6 Å². The summed E-state index contributed by atoms with van der Waals surface area (Å²) in [5.74, 6) is -0.227. The molecule has 2 heterocycles. The molecule has 1 aliphatic rings. The van der Waals surface area contributed by atoms with Gasteiger partial charge in [-0.25, -0.2) is 4.39 Å². The molecule has 7 heteroatoms. The zero-order valence-electron chi connectivity index (χ0n) is 18.5. The number of hydrogen-bond acceptors (Lipinski definition) is 4. The van der Waals surface area contributed by atoms with Gasteiger partial charge in [-0.15, -0.1) is 0 Å². The Kier molecular flexibility index (Phi) is 5.53. The SMILES string of the molecule is Cc1cc2c(CC(=O)O)cccc2n1C(=O)c1ccc(OC[C@@H]2COc3ccc(F)cc32)cc1. The third-order valence-corrected chi connectivity index (χ3v) is 6.07. The van der Waals surface area contributed by atoms with E-state index in [1.165, 1.54) is 12.1 Å². The number of fused-ring (bicyclic) bond motifs is 2. The lowest BCUT2D eigenvalue weighted by Gasteiger charge is -2.12. The molecule has 0 amide bonds. The molecule has 1 atom stereocenters. The first-order valence-corrected chi connectivity index (χ1v) is 10.9. The highest BCUT2D eigenvalue weighted by molar-refractivity contribution is 6.04. The van der Waals surface area contributed by atoms with Gasteiger partial charge in [-0.2, -0.15) is 0 Å². The van der Waals surface area contributed by atoms with Crippen LogP contribution >= 0.6 is 0 Å². The molecule has 4 aromatic rings. The van der Waals surface area contributed by atoms with Gasteiger partial charge in [0.25, 0.3) is 5.91 Å². The van der Waals surface area contributed by atoms with Crippen LogP contribution in [0, 0.1) is 12.7 Å². The molecular weight excluding hydrogens is 437 g/mol. The highest BCUT2D eigenvalue weighted by atomic mass is 19.1. The van der Waals surface area contributed by atoms with E-state index in [2.05, 4.69) is 0 Å². The molecule has 5 rings (SSSR count). The lowest BCUT2D eigenvalue weighted by molar-refractivity contribution is -0.136. The molecule has 1 N–H and O–H groups in total. The van der Waals surface area contributed by atoms with Crippen molar-refractivity contribution >= 4 is 22.8 Å². The second-order valence-electron chi connectivity index (χ2n) is 8.37. The Hall–Kier alpha value is -4.13. The van der Waals surface area contributed by atoms with E-state index in [1.807, 2.05) is 19.1 Å². The molecule has 0 aliphatic carbocycles. The Morgan fingerprint density at radius 1 is 1.12 bits per heavy atom.